The van der Waals surface area contributed by atoms with Crippen LogP contribution in [0.25, 0.3) is 0 Å². The number of Topliss-reactive ketones (excluding diaryl/α,β-unsaturated/α-hetero) is 1. The lowest BCUT2D eigenvalue weighted by Crippen LogP contribution is -2.43. The van der Waals surface area contributed by atoms with E-state index >= 15 is 0 Å². The zero-order chi connectivity index (χ0) is 21.7. The second-order valence-corrected chi connectivity index (χ2v) is 9.66. The number of hydrogen-bond donors (Lipinski definition) is 0. The summed E-state index contributed by atoms with van der Waals surface area (Å²) in [7, 11) is -4.00. The molecule has 0 N–H and O–H groups in total. The Morgan fingerprint density at radius 2 is 1.50 bits per heavy atom. The van der Waals surface area contributed by atoms with Crippen molar-refractivity contribution in [2.75, 3.05) is 23.9 Å². The predicted octanol–water partition coefficient (Wildman–Crippen LogP) is 4.14. The van der Waals surface area contributed by atoms with E-state index in [1.54, 1.807) is 29.2 Å². The van der Waals surface area contributed by atoms with E-state index in [0.29, 0.717) is 29.4 Å². The minimum Gasteiger partial charge on any atom is -0.341 e. The molecule has 0 aromatic heterocycles. The number of nitrogens with zero attached hydrogens (tertiary/aromatic N) is 2. The number of amides is 1. The lowest BCUT2D eigenvalue weighted by atomic mass is 10.1. The molecule has 2 aromatic rings. The van der Waals surface area contributed by atoms with Gasteiger partial charge in [0.05, 0.1) is 10.6 Å². The van der Waals surface area contributed by atoms with E-state index in [2.05, 4.69) is 0 Å². The number of carbonyl (C=O) groups excluding carboxylic acids is 2. The number of rotatable bonds is 6. The van der Waals surface area contributed by atoms with Crippen LogP contribution in [0.15, 0.2) is 53.4 Å². The summed E-state index contributed by atoms with van der Waals surface area (Å²) in [6.07, 6.45) is 3.98. The highest BCUT2D eigenvalue weighted by atomic mass is 35.5. The molecule has 30 heavy (non-hydrogen) atoms. The molecule has 0 aliphatic carbocycles. The van der Waals surface area contributed by atoms with Crippen molar-refractivity contribution in [3.05, 3.63) is 59.1 Å². The van der Waals surface area contributed by atoms with E-state index in [4.69, 9.17) is 11.6 Å². The van der Waals surface area contributed by atoms with Crippen LogP contribution in [0, 0.1) is 0 Å². The number of hydrogen-bond acceptors (Lipinski definition) is 4. The van der Waals surface area contributed by atoms with Crippen LogP contribution >= 0.6 is 11.6 Å². The van der Waals surface area contributed by atoms with Crippen molar-refractivity contribution in [2.45, 2.75) is 37.5 Å². The summed E-state index contributed by atoms with van der Waals surface area (Å²) in [6, 6.07) is 12.1. The largest absolute Gasteiger partial charge is 0.341 e. The van der Waals surface area contributed by atoms with E-state index in [9.17, 15) is 18.0 Å². The van der Waals surface area contributed by atoms with Gasteiger partial charge in [-0.15, -0.1) is 0 Å². The molecule has 0 atom stereocenters. The van der Waals surface area contributed by atoms with Crippen molar-refractivity contribution < 1.29 is 18.0 Å². The van der Waals surface area contributed by atoms with Crippen molar-refractivity contribution in [2.24, 2.45) is 0 Å². The normalized spacial score (nSPS) is 14.8. The van der Waals surface area contributed by atoms with E-state index in [-0.39, 0.29) is 23.1 Å². The van der Waals surface area contributed by atoms with Gasteiger partial charge in [-0.2, -0.15) is 0 Å². The molecule has 0 radical (unpaired) electrons. The quantitative estimate of drug-likeness (QED) is 0.622. The van der Waals surface area contributed by atoms with Gasteiger partial charge in [-0.1, -0.05) is 24.4 Å². The fourth-order valence-electron chi connectivity index (χ4n) is 3.45. The number of likely N-dealkylation sites (tertiary alicyclic amines) is 1. The lowest BCUT2D eigenvalue weighted by Gasteiger charge is -2.28. The van der Waals surface area contributed by atoms with Crippen LogP contribution in [-0.2, 0) is 14.8 Å². The topological polar surface area (TPSA) is 74.8 Å². The molecule has 3 rings (SSSR count). The molecule has 1 fully saturated rings. The molecule has 8 heteroatoms. The number of ketones is 1. The van der Waals surface area contributed by atoms with E-state index in [0.717, 1.165) is 30.0 Å². The maximum Gasteiger partial charge on any atom is 0.264 e. The molecule has 1 saturated heterocycles. The Bertz CT molecular complexity index is 996. The van der Waals surface area contributed by atoms with Crippen LogP contribution in [0.2, 0.25) is 5.02 Å². The number of carbonyl (C=O) groups is 2. The van der Waals surface area contributed by atoms with E-state index < -0.39 is 10.0 Å². The third-order valence-electron chi connectivity index (χ3n) is 5.20. The van der Waals surface area contributed by atoms with E-state index in [1.165, 1.54) is 31.2 Å². The average Bonchev–Trinajstić information content (AvgIpc) is 3.02. The Labute approximate surface area is 182 Å². The Balaban J connectivity index is 1.96. The molecule has 0 spiro atoms. The van der Waals surface area contributed by atoms with Crippen LogP contribution in [0.3, 0.4) is 0 Å². The smallest absolute Gasteiger partial charge is 0.264 e. The molecule has 1 heterocycles. The first kappa shape index (κ1) is 22.3. The Morgan fingerprint density at radius 1 is 0.933 bits per heavy atom. The van der Waals surface area contributed by atoms with Crippen LogP contribution in [-0.4, -0.2) is 44.6 Å². The Hall–Kier alpha value is -2.38. The van der Waals surface area contributed by atoms with Gasteiger partial charge in [0.1, 0.15) is 6.54 Å². The van der Waals surface area contributed by atoms with Crippen molar-refractivity contribution in [3.63, 3.8) is 0 Å². The molecule has 1 amide bonds. The molecular weight excluding hydrogens is 424 g/mol. The molecule has 0 bridgehead atoms. The van der Waals surface area contributed by atoms with Gasteiger partial charge in [-0.25, -0.2) is 8.42 Å². The maximum atomic E-state index is 13.4. The maximum absolute atomic E-state index is 13.4. The summed E-state index contributed by atoms with van der Waals surface area (Å²) in [5, 5.41) is 0.423. The van der Waals surface area contributed by atoms with Gasteiger partial charge >= 0.3 is 0 Å². The van der Waals surface area contributed by atoms with Crippen molar-refractivity contribution in [3.8, 4) is 0 Å². The highest BCUT2D eigenvalue weighted by Gasteiger charge is 2.29. The number of halogens is 1. The van der Waals surface area contributed by atoms with Crippen molar-refractivity contribution in [1.82, 2.24) is 4.90 Å². The summed E-state index contributed by atoms with van der Waals surface area (Å²) in [5.41, 5.74) is 0.805. The second kappa shape index (κ2) is 9.62. The predicted molar refractivity (Wildman–Crippen MR) is 117 cm³/mol. The minimum absolute atomic E-state index is 0.0474. The standard InChI is InChI=1S/C22H25ClN2O4S/c1-17(26)18-6-10-20(11-7-18)25(16-22(27)24-14-4-2-3-5-15-24)30(28,29)21-12-8-19(23)9-13-21/h6-13H,2-5,14-16H2,1H3. The first-order valence-electron chi connectivity index (χ1n) is 9.96. The van der Waals surface area contributed by atoms with Gasteiger partial charge in [0.25, 0.3) is 10.0 Å². The third-order valence-corrected chi connectivity index (χ3v) is 7.24. The van der Waals surface area contributed by atoms with Crippen LogP contribution < -0.4 is 4.31 Å². The SMILES string of the molecule is CC(=O)c1ccc(N(CC(=O)N2CCCCCC2)S(=O)(=O)c2ccc(Cl)cc2)cc1. The first-order valence-corrected chi connectivity index (χ1v) is 11.8. The average molecular weight is 449 g/mol. The van der Waals surface area contributed by atoms with Gasteiger partial charge in [0, 0.05) is 23.7 Å². The number of anilines is 1. The lowest BCUT2D eigenvalue weighted by molar-refractivity contribution is -0.129. The molecule has 1 aliphatic rings. The summed E-state index contributed by atoms with van der Waals surface area (Å²) in [6.45, 7) is 2.42. The zero-order valence-electron chi connectivity index (χ0n) is 16.9. The molecule has 1 aliphatic heterocycles. The summed E-state index contributed by atoms with van der Waals surface area (Å²) < 4.78 is 27.9. The zero-order valence-corrected chi connectivity index (χ0v) is 18.5. The second-order valence-electron chi connectivity index (χ2n) is 7.36. The van der Waals surface area contributed by atoms with Crippen LogP contribution in [0.5, 0.6) is 0 Å². The van der Waals surface area contributed by atoms with E-state index in [1.807, 2.05) is 0 Å². The number of benzene rings is 2. The summed E-state index contributed by atoms with van der Waals surface area (Å²) in [5.74, 6) is -0.348. The van der Waals surface area contributed by atoms with Gasteiger partial charge in [0.2, 0.25) is 5.91 Å². The fraction of sp³-hybridized carbons (Fsp3) is 0.364. The molecule has 6 nitrogen and oxygen atoms in total. The Morgan fingerprint density at radius 3 is 2.03 bits per heavy atom. The Kier molecular flexibility index (Phi) is 7.15. The summed E-state index contributed by atoms with van der Waals surface area (Å²) in [4.78, 5) is 26.4. The van der Waals surface area contributed by atoms with Crippen molar-refractivity contribution in [1.29, 1.82) is 0 Å². The highest BCUT2D eigenvalue weighted by molar-refractivity contribution is 7.92. The molecule has 160 valence electrons. The van der Waals surface area contributed by atoms with Crippen molar-refractivity contribution >= 4 is 39.0 Å². The third kappa shape index (κ3) is 5.21. The highest BCUT2D eigenvalue weighted by Crippen LogP contribution is 2.26. The monoisotopic (exact) mass is 448 g/mol. The van der Waals surface area contributed by atoms with Gasteiger partial charge in [-0.3, -0.25) is 13.9 Å². The minimum atomic E-state index is -4.00. The fourth-order valence-corrected chi connectivity index (χ4v) is 4.99. The number of sulfonamides is 1. The van der Waals surface area contributed by atoms with Gasteiger partial charge in [0.15, 0.2) is 5.78 Å². The van der Waals surface area contributed by atoms with Gasteiger partial charge in [-0.05, 0) is 68.3 Å². The summed E-state index contributed by atoms with van der Waals surface area (Å²) >= 11 is 5.91. The van der Waals surface area contributed by atoms with Crippen LogP contribution in [0.4, 0.5) is 5.69 Å². The molecule has 2 aromatic carbocycles. The van der Waals surface area contributed by atoms with Gasteiger partial charge < -0.3 is 4.90 Å². The molecule has 0 unspecified atom stereocenters. The first-order chi connectivity index (χ1) is 14.3. The molecule has 0 saturated carbocycles. The molecular formula is C22H25ClN2O4S. The van der Waals surface area contributed by atoms with Crippen LogP contribution in [0.1, 0.15) is 43.0 Å².